The summed E-state index contributed by atoms with van der Waals surface area (Å²) in [5, 5.41) is 2.54. The molecule has 1 aromatic rings. The molecule has 122 valence electrons. The minimum Gasteiger partial charge on any atom is -0.459 e. The van der Waals surface area contributed by atoms with Crippen LogP contribution in [0.4, 0.5) is 23.2 Å². The van der Waals surface area contributed by atoms with Crippen molar-refractivity contribution in [1.82, 2.24) is 0 Å². The number of carbonyl (C=O) groups excluding carboxylic acids is 2. The second-order valence-corrected chi connectivity index (χ2v) is 4.59. The Balaban J connectivity index is 2.35. The third-order valence-corrected chi connectivity index (χ3v) is 2.72. The fraction of sp³-hybridized carbons (Fsp3) is 0.429. The van der Waals surface area contributed by atoms with Crippen LogP contribution in [0.5, 0.6) is 0 Å². The van der Waals surface area contributed by atoms with Crippen molar-refractivity contribution in [3.05, 3.63) is 29.8 Å². The van der Waals surface area contributed by atoms with Gasteiger partial charge >= 0.3 is 18.3 Å². The minimum atomic E-state index is -4.39. The van der Waals surface area contributed by atoms with Gasteiger partial charge in [0, 0.05) is 12.1 Å². The molecule has 0 heterocycles. The van der Waals surface area contributed by atoms with Crippen LogP contribution in [0.2, 0.25) is 0 Å². The molecule has 0 bridgehead atoms. The highest BCUT2D eigenvalue weighted by molar-refractivity contribution is 5.93. The van der Waals surface area contributed by atoms with E-state index in [0.717, 1.165) is 5.56 Å². The van der Waals surface area contributed by atoms with Crippen LogP contribution in [0.1, 0.15) is 18.4 Å². The zero-order chi connectivity index (χ0) is 16.8. The Hall–Kier alpha value is -2.12. The first-order valence-electron chi connectivity index (χ1n) is 6.39. The zero-order valence-electron chi connectivity index (χ0n) is 11.7. The highest BCUT2D eigenvalue weighted by Crippen LogP contribution is 2.23. The maximum Gasteiger partial charge on any atom is 0.340 e. The molecule has 1 rings (SSSR count). The Bertz CT molecular complexity index is 535. The van der Waals surface area contributed by atoms with Crippen LogP contribution in [-0.4, -0.2) is 30.8 Å². The molecule has 1 N–H and O–H groups in total. The van der Waals surface area contributed by atoms with E-state index in [1.165, 1.54) is 0 Å². The molecule has 0 saturated carbocycles. The van der Waals surface area contributed by atoms with Crippen molar-refractivity contribution in [2.75, 3.05) is 11.9 Å². The average molecular weight is 321 g/mol. The molecule has 0 radical (unpaired) electrons. The maximum absolute atomic E-state index is 12.5. The van der Waals surface area contributed by atoms with Gasteiger partial charge in [-0.1, -0.05) is 18.2 Å². The second-order valence-electron chi connectivity index (χ2n) is 4.59. The van der Waals surface area contributed by atoms with Gasteiger partial charge in [-0.25, -0.2) is 8.78 Å². The molecular weight excluding hydrogens is 306 g/mol. The molecule has 1 amide bonds. The number of halogens is 4. The Morgan fingerprint density at radius 3 is 2.45 bits per heavy atom. The number of nitrogens with one attached hydrogen (secondary N) is 1. The van der Waals surface area contributed by atoms with Gasteiger partial charge in [-0.05, 0) is 18.6 Å². The zero-order valence-corrected chi connectivity index (χ0v) is 11.7. The molecule has 0 fully saturated rings. The lowest BCUT2D eigenvalue weighted by atomic mass is 10.2. The van der Waals surface area contributed by atoms with Gasteiger partial charge in [0.05, 0.1) is 6.42 Å². The predicted molar refractivity (Wildman–Crippen MR) is 71.0 cm³/mol. The summed E-state index contributed by atoms with van der Waals surface area (Å²) in [6, 6.07) is 6.93. The van der Waals surface area contributed by atoms with Gasteiger partial charge in [-0.3, -0.25) is 9.59 Å². The van der Waals surface area contributed by atoms with Gasteiger partial charge in [0.2, 0.25) is 5.91 Å². The molecule has 8 heteroatoms. The molecule has 0 aromatic heterocycles. The quantitative estimate of drug-likeness (QED) is 0.620. The molecule has 0 aliphatic carbocycles. The SMILES string of the molecule is Cc1ccccc1NC(=O)CCC(=O)OCC(F)(F)C(F)F. The summed E-state index contributed by atoms with van der Waals surface area (Å²) >= 11 is 0. The number of hydrogen-bond donors (Lipinski definition) is 1. The molecule has 1 aromatic carbocycles. The van der Waals surface area contributed by atoms with Gasteiger partial charge in [0.1, 0.15) is 0 Å². The minimum absolute atomic E-state index is 0.298. The fourth-order valence-electron chi connectivity index (χ4n) is 1.45. The number of para-hydroxylation sites is 1. The summed E-state index contributed by atoms with van der Waals surface area (Å²) in [7, 11) is 0. The number of rotatable bonds is 7. The Labute approximate surface area is 124 Å². The fourth-order valence-corrected chi connectivity index (χ4v) is 1.45. The van der Waals surface area contributed by atoms with Crippen molar-refractivity contribution in [3.63, 3.8) is 0 Å². The van der Waals surface area contributed by atoms with Crippen molar-refractivity contribution in [2.45, 2.75) is 32.1 Å². The van der Waals surface area contributed by atoms with E-state index in [0.29, 0.717) is 5.69 Å². The molecule has 0 atom stereocenters. The molecule has 4 nitrogen and oxygen atoms in total. The molecule has 0 aliphatic heterocycles. The van der Waals surface area contributed by atoms with Gasteiger partial charge in [-0.2, -0.15) is 8.78 Å². The van der Waals surface area contributed by atoms with E-state index in [1.54, 1.807) is 31.2 Å². The predicted octanol–water partition coefficient (Wildman–Crippen LogP) is 3.16. The lowest BCUT2D eigenvalue weighted by Gasteiger charge is -2.15. The second kappa shape index (κ2) is 7.77. The summed E-state index contributed by atoms with van der Waals surface area (Å²) in [5.74, 6) is -6.04. The van der Waals surface area contributed by atoms with Crippen LogP contribution >= 0.6 is 0 Å². The summed E-state index contributed by atoms with van der Waals surface area (Å²) in [6.45, 7) is 0.0687. The number of benzene rings is 1. The lowest BCUT2D eigenvalue weighted by Crippen LogP contribution is -2.33. The third kappa shape index (κ3) is 5.71. The smallest absolute Gasteiger partial charge is 0.340 e. The summed E-state index contributed by atoms with van der Waals surface area (Å²) in [5.41, 5.74) is 1.38. The van der Waals surface area contributed by atoms with E-state index in [4.69, 9.17) is 0 Å². The number of esters is 1. The molecular formula is C14H15F4NO3. The van der Waals surface area contributed by atoms with Crippen LogP contribution in [0, 0.1) is 6.92 Å². The largest absolute Gasteiger partial charge is 0.459 e. The van der Waals surface area contributed by atoms with Crippen molar-refractivity contribution in [1.29, 1.82) is 0 Å². The first-order chi connectivity index (χ1) is 10.2. The van der Waals surface area contributed by atoms with Crippen molar-refractivity contribution >= 4 is 17.6 Å². The summed E-state index contributed by atoms with van der Waals surface area (Å²) < 4.78 is 52.8. The normalized spacial score (nSPS) is 11.4. The van der Waals surface area contributed by atoms with Crippen molar-refractivity contribution in [3.8, 4) is 0 Å². The van der Waals surface area contributed by atoms with Crippen molar-refractivity contribution < 1.29 is 31.9 Å². The number of hydrogen-bond acceptors (Lipinski definition) is 3. The standard InChI is InChI=1S/C14H15F4NO3/c1-9-4-2-3-5-10(9)19-11(20)6-7-12(21)22-8-14(17,18)13(15)16/h2-5,13H,6-8H2,1H3,(H,19,20). The summed E-state index contributed by atoms with van der Waals surface area (Å²) in [6.07, 6.45) is -4.69. The topological polar surface area (TPSA) is 55.4 Å². The first-order valence-corrected chi connectivity index (χ1v) is 6.39. The molecule has 0 spiro atoms. The molecule has 0 saturated heterocycles. The number of carbonyl (C=O) groups is 2. The van der Waals surface area contributed by atoms with Crippen LogP contribution in [0.15, 0.2) is 24.3 Å². The van der Waals surface area contributed by atoms with Crippen LogP contribution in [-0.2, 0) is 14.3 Å². The summed E-state index contributed by atoms with van der Waals surface area (Å²) in [4.78, 5) is 22.7. The number of anilines is 1. The van der Waals surface area contributed by atoms with E-state index >= 15 is 0 Å². The number of alkyl halides is 4. The van der Waals surface area contributed by atoms with Gasteiger partial charge in [0.15, 0.2) is 6.61 Å². The Morgan fingerprint density at radius 2 is 1.86 bits per heavy atom. The number of amides is 1. The lowest BCUT2D eigenvalue weighted by molar-refractivity contribution is -0.179. The maximum atomic E-state index is 12.5. The van der Waals surface area contributed by atoms with Gasteiger partial charge < -0.3 is 10.1 Å². The van der Waals surface area contributed by atoms with Crippen molar-refractivity contribution in [2.24, 2.45) is 0 Å². The Kier molecular flexibility index (Phi) is 6.33. The van der Waals surface area contributed by atoms with E-state index < -0.39 is 37.3 Å². The van der Waals surface area contributed by atoms with Crippen LogP contribution in [0.3, 0.4) is 0 Å². The average Bonchev–Trinajstić information content (AvgIpc) is 2.45. The third-order valence-electron chi connectivity index (χ3n) is 2.72. The van der Waals surface area contributed by atoms with Gasteiger partial charge in [0.25, 0.3) is 0 Å². The highest BCUT2D eigenvalue weighted by Gasteiger charge is 2.42. The number of ether oxygens (including phenoxy) is 1. The molecule has 0 unspecified atom stereocenters. The molecule has 0 aliphatic rings. The number of aryl methyl sites for hydroxylation is 1. The van der Waals surface area contributed by atoms with E-state index in [-0.39, 0.29) is 6.42 Å². The first kappa shape index (κ1) is 17.9. The van der Waals surface area contributed by atoms with E-state index in [9.17, 15) is 27.2 Å². The van der Waals surface area contributed by atoms with E-state index in [1.807, 2.05) is 0 Å². The van der Waals surface area contributed by atoms with Crippen LogP contribution < -0.4 is 5.32 Å². The molecule has 22 heavy (non-hydrogen) atoms. The van der Waals surface area contributed by atoms with Gasteiger partial charge in [-0.15, -0.1) is 0 Å². The Morgan fingerprint density at radius 1 is 1.23 bits per heavy atom. The monoisotopic (exact) mass is 321 g/mol. The van der Waals surface area contributed by atoms with Crippen LogP contribution in [0.25, 0.3) is 0 Å². The highest BCUT2D eigenvalue weighted by atomic mass is 19.3. The van der Waals surface area contributed by atoms with E-state index in [2.05, 4.69) is 10.1 Å².